The summed E-state index contributed by atoms with van der Waals surface area (Å²) in [6.45, 7) is 0. The maximum atomic E-state index is 2.50. The van der Waals surface area contributed by atoms with Crippen LogP contribution in [0.4, 0.5) is 0 Å². The molecule has 0 spiro atoms. The van der Waals surface area contributed by atoms with Crippen LogP contribution in [-0.4, -0.2) is 0 Å². The summed E-state index contributed by atoms with van der Waals surface area (Å²) in [5.74, 6) is 0. The van der Waals surface area contributed by atoms with Gasteiger partial charge in [0.25, 0.3) is 0 Å². The highest BCUT2D eigenvalue weighted by Crippen LogP contribution is 2.57. The average molecular weight is 446 g/mol. The van der Waals surface area contributed by atoms with Gasteiger partial charge in [-0.1, -0.05) is 84.9 Å². The maximum absolute atomic E-state index is 2.50. The van der Waals surface area contributed by atoms with Gasteiger partial charge in [0.15, 0.2) is 0 Å². The molecule has 0 atom stereocenters. The molecule has 0 N–H and O–H groups in total. The van der Waals surface area contributed by atoms with Gasteiger partial charge in [-0.2, -0.15) is 0 Å². The molecule has 2 aliphatic rings. The minimum Gasteiger partial charge on any atom is -0.0836 e. The van der Waals surface area contributed by atoms with Gasteiger partial charge in [0.1, 0.15) is 0 Å². The zero-order valence-electron chi connectivity index (χ0n) is 14.5. The van der Waals surface area contributed by atoms with Crippen molar-refractivity contribution in [3.8, 4) is 0 Å². The van der Waals surface area contributed by atoms with Crippen molar-refractivity contribution in [3.05, 3.63) is 122 Å². The Balaban J connectivity index is 1.96. The number of fused-ring (bicyclic) bond motifs is 2. The molecule has 5 rings (SSSR count). The third kappa shape index (κ3) is 2.13. The van der Waals surface area contributed by atoms with E-state index in [2.05, 4.69) is 114 Å². The van der Waals surface area contributed by atoms with E-state index < -0.39 is 0 Å². The van der Waals surface area contributed by atoms with Crippen molar-refractivity contribution < 1.29 is 0 Å². The van der Waals surface area contributed by atoms with Gasteiger partial charge in [-0.05, 0) is 74.9 Å². The summed E-state index contributed by atoms with van der Waals surface area (Å²) in [5.41, 5.74) is 8.40. The number of halogens is 1. The summed E-state index contributed by atoms with van der Waals surface area (Å²) in [7, 11) is 0. The molecule has 126 valence electrons. The van der Waals surface area contributed by atoms with Crippen molar-refractivity contribution in [3.63, 3.8) is 0 Å². The molecule has 0 saturated heterocycles. The maximum Gasteiger partial charge on any atom is 0.0676 e. The van der Waals surface area contributed by atoms with Crippen LogP contribution in [0.1, 0.15) is 35.1 Å². The van der Waals surface area contributed by atoms with E-state index in [9.17, 15) is 0 Å². The zero-order chi connectivity index (χ0) is 17.6. The SMILES string of the molecule is Ic1cccc2c1C1=C(CCC=C1)C2(c1ccccc1)c1ccccc1. The molecule has 0 aromatic heterocycles. The van der Waals surface area contributed by atoms with E-state index >= 15 is 0 Å². The second-order valence-electron chi connectivity index (χ2n) is 6.98. The molecule has 0 bridgehead atoms. The van der Waals surface area contributed by atoms with Gasteiger partial charge < -0.3 is 0 Å². The van der Waals surface area contributed by atoms with Gasteiger partial charge in [0.2, 0.25) is 0 Å². The molecule has 0 nitrogen and oxygen atoms in total. The second-order valence-corrected chi connectivity index (χ2v) is 8.14. The van der Waals surface area contributed by atoms with Gasteiger partial charge in [-0.25, -0.2) is 0 Å². The number of hydrogen-bond acceptors (Lipinski definition) is 0. The first-order chi connectivity index (χ1) is 12.8. The molecule has 1 heteroatoms. The van der Waals surface area contributed by atoms with Crippen LogP contribution in [-0.2, 0) is 5.41 Å². The molecular weight excluding hydrogens is 427 g/mol. The van der Waals surface area contributed by atoms with Crippen LogP contribution in [0.15, 0.2) is 96.6 Å². The molecule has 3 aromatic rings. The standard InChI is InChI=1S/C25H19I/c26-23-17-9-16-22-24(23)20-14-7-8-15-21(20)25(22,18-10-3-1-4-11-18)19-12-5-2-6-13-19/h1-7,9-14,16-17H,8,15H2. The summed E-state index contributed by atoms with van der Waals surface area (Å²) < 4.78 is 1.34. The number of hydrogen-bond donors (Lipinski definition) is 0. The molecule has 0 fully saturated rings. The van der Waals surface area contributed by atoms with Gasteiger partial charge in [-0.3, -0.25) is 0 Å². The predicted molar refractivity (Wildman–Crippen MR) is 117 cm³/mol. The first-order valence-corrected chi connectivity index (χ1v) is 10.2. The van der Waals surface area contributed by atoms with Gasteiger partial charge in [0.05, 0.1) is 5.41 Å². The lowest BCUT2D eigenvalue weighted by atomic mass is 9.65. The molecule has 0 heterocycles. The molecule has 0 unspecified atom stereocenters. The van der Waals surface area contributed by atoms with Crippen LogP contribution < -0.4 is 0 Å². The molecule has 2 aliphatic carbocycles. The van der Waals surface area contributed by atoms with Crippen LogP contribution in [0.2, 0.25) is 0 Å². The van der Waals surface area contributed by atoms with Crippen molar-refractivity contribution in [1.82, 2.24) is 0 Å². The Labute approximate surface area is 168 Å². The fraction of sp³-hybridized carbons (Fsp3) is 0.120. The summed E-state index contributed by atoms with van der Waals surface area (Å²) in [5, 5.41) is 0. The lowest BCUT2D eigenvalue weighted by molar-refractivity contribution is 0.696. The molecule has 0 aliphatic heterocycles. The zero-order valence-corrected chi connectivity index (χ0v) is 16.6. The lowest BCUT2D eigenvalue weighted by Gasteiger charge is -2.36. The monoisotopic (exact) mass is 446 g/mol. The molecule has 26 heavy (non-hydrogen) atoms. The van der Waals surface area contributed by atoms with Crippen LogP contribution >= 0.6 is 22.6 Å². The highest BCUT2D eigenvalue weighted by molar-refractivity contribution is 14.1. The third-order valence-electron chi connectivity index (χ3n) is 5.72. The van der Waals surface area contributed by atoms with E-state index in [1.54, 1.807) is 5.57 Å². The quantitative estimate of drug-likeness (QED) is 0.383. The third-order valence-corrected chi connectivity index (χ3v) is 6.62. The van der Waals surface area contributed by atoms with Gasteiger partial charge in [-0.15, -0.1) is 0 Å². The van der Waals surface area contributed by atoms with Crippen LogP contribution in [0.3, 0.4) is 0 Å². The van der Waals surface area contributed by atoms with E-state index in [1.807, 2.05) is 0 Å². The smallest absolute Gasteiger partial charge is 0.0676 e. The van der Waals surface area contributed by atoms with Crippen LogP contribution in [0.5, 0.6) is 0 Å². The second kappa shape index (κ2) is 6.24. The minimum absolute atomic E-state index is 0.181. The van der Waals surface area contributed by atoms with E-state index in [0.717, 1.165) is 12.8 Å². The Kier molecular flexibility index (Phi) is 3.86. The molecule has 0 saturated carbocycles. The largest absolute Gasteiger partial charge is 0.0836 e. The van der Waals surface area contributed by atoms with E-state index in [-0.39, 0.29) is 5.41 Å². The predicted octanol–water partition coefficient (Wildman–Crippen LogP) is 6.74. The molecule has 0 radical (unpaired) electrons. The van der Waals surface area contributed by atoms with Gasteiger partial charge >= 0.3 is 0 Å². The topological polar surface area (TPSA) is 0 Å². The van der Waals surface area contributed by atoms with Gasteiger partial charge in [0, 0.05) is 3.57 Å². The number of allylic oxidation sites excluding steroid dienone is 4. The lowest BCUT2D eigenvalue weighted by Crippen LogP contribution is -2.30. The Bertz CT molecular complexity index is 987. The highest BCUT2D eigenvalue weighted by atomic mass is 127. The van der Waals surface area contributed by atoms with E-state index in [0.29, 0.717) is 0 Å². The first-order valence-electron chi connectivity index (χ1n) is 9.14. The Hall–Kier alpha value is -2.13. The first kappa shape index (κ1) is 16.1. The summed E-state index contributed by atoms with van der Waals surface area (Å²) in [6, 6.07) is 28.9. The van der Waals surface area contributed by atoms with E-state index in [4.69, 9.17) is 0 Å². The fourth-order valence-corrected chi connectivity index (χ4v) is 5.55. The minimum atomic E-state index is -0.181. The molecule has 0 amide bonds. The number of benzene rings is 3. The highest BCUT2D eigenvalue weighted by Gasteiger charge is 2.47. The fourth-order valence-electron chi connectivity index (χ4n) is 4.76. The Morgan fingerprint density at radius 2 is 1.38 bits per heavy atom. The van der Waals surface area contributed by atoms with Crippen molar-refractivity contribution in [1.29, 1.82) is 0 Å². The molecule has 3 aromatic carbocycles. The van der Waals surface area contributed by atoms with Crippen molar-refractivity contribution in [2.45, 2.75) is 18.3 Å². The van der Waals surface area contributed by atoms with Crippen LogP contribution in [0, 0.1) is 3.57 Å². The molecular formula is C25H19I. The van der Waals surface area contributed by atoms with Crippen molar-refractivity contribution in [2.24, 2.45) is 0 Å². The van der Waals surface area contributed by atoms with E-state index in [1.165, 1.54) is 31.4 Å². The Morgan fingerprint density at radius 3 is 2.04 bits per heavy atom. The summed E-state index contributed by atoms with van der Waals surface area (Å²) in [6.07, 6.45) is 6.91. The Morgan fingerprint density at radius 1 is 0.731 bits per heavy atom. The van der Waals surface area contributed by atoms with Crippen molar-refractivity contribution >= 4 is 28.2 Å². The normalized spacial score (nSPS) is 17.1. The summed E-state index contributed by atoms with van der Waals surface area (Å²) in [4.78, 5) is 0. The van der Waals surface area contributed by atoms with Crippen molar-refractivity contribution in [2.75, 3.05) is 0 Å². The average Bonchev–Trinajstić information content (AvgIpc) is 3.02. The number of rotatable bonds is 2. The van der Waals surface area contributed by atoms with Crippen LogP contribution in [0.25, 0.3) is 5.57 Å². The summed E-state index contributed by atoms with van der Waals surface area (Å²) >= 11 is 2.50.